The second-order valence-corrected chi connectivity index (χ2v) is 4.59. The molecule has 0 aliphatic heterocycles. The van der Waals surface area contributed by atoms with Gasteiger partial charge in [0.2, 0.25) is 0 Å². The fourth-order valence-corrected chi connectivity index (χ4v) is 1.23. The molecule has 0 aromatic heterocycles. The molecule has 1 rings (SSSR count). The fraction of sp³-hybridized carbons (Fsp3) is 0.455. The molecule has 0 saturated heterocycles. The third-order valence-corrected chi connectivity index (χ3v) is 2.29. The highest BCUT2D eigenvalue weighted by Gasteiger charge is 2.22. The minimum atomic E-state index is -0.158. The smallest absolute Gasteiger partial charge is 0.157 e. The van der Waals surface area contributed by atoms with Crippen LogP contribution in [-0.2, 0) is 0 Å². The standard InChI is InChI=1S/C11H17NO2/c1-11(2,3)10(12)7-4-5-8(13)9(14)6-7/h4-6,10,13-14H,12H2,1-3H3/t10-/m0/s1. The molecule has 0 spiro atoms. The Morgan fingerprint density at radius 1 is 1.14 bits per heavy atom. The molecule has 0 radical (unpaired) electrons. The Bertz CT molecular complexity index is 329. The van der Waals surface area contributed by atoms with Crippen LogP contribution in [0, 0.1) is 5.41 Å². The summed E-state index contributed by atoms with van der Waals surface area (Å²) >= 11 is 0. The van der Waals surface area contributed by atoms with Crippen molar-refractivity contribution in [1.82, 2.24) is 0 Å². The van der Waals surface area contributed by atoms with E-state index in [-0.39, 0.29) is 23.0 Å². The second kappa shape index (κ2) is 3.50. The summed E-state index contributed by atoms with van der Waals surface area (Å²) in [5, 5.41) is 18.4. The van der Waals surface area contributed by atoms with E-state index in [1.54, 1.807) is 6.07 Å². The van der Waals surface area contributed by atoms with Crippen LogP contribution in [0.3, 0.4) is 0 Å². The van der Waals surface area contributed by atoms with Gasteiger partial charge in [0, 0.05) is 6.04 Å². The van der Waals surface area contributed by atoms with Crippen molar-refractivity contribution in [2.24, 2.45) is 11.1 Å². The van der Waals surface area contributed by atoms with E-state index in [9.17, 15) is 5.11 Å². The van der Waals surface area contributed by atoms with Crippen LogP contribution in [0.25, 0.3) is 0 Å². The largest absolute Gasteiger partial charge is 0.504 e. The van der Waals surface area contributed by atoms with Crippen molar-refractivity contribution in [3.63, 3.8) is 0 Å². The molecule has 14 heavy (non-hydrogen) atoms. The highest BCUT2D eigenvalue weighted by molar-refractivity contribution is 5.41. The van der Waals surface area contributed by atoms with Crippen molar-refractivity contribution >= 4 is 0 Å². The molecular formula is C11H17NO2. The Morgan fingerprint density at radius 2 is 1.71 bits per heavy atom. The summed E-state index contributed by atoms with van der Waals surface area (Å²) in [6.07, 6.45) is 0. The Balaban J connectivity index is 3.03. The lowest BCUT2D eigenvalue weighted by atomic mass is 9.83. The first-order valence-corrected chi connectivity index (χ1v) is 4.60. The summed E-state index contributed by atoms with van der Waals surface area (Å²) in [4.78, 5) is 0. The number of hydrogen-bond donors (Lipinski definition) is 3. The van der Waals surface area contributed by atoms with Crippen molar-refractivity contribution in [2.45, 2.75) is 26.8 Å². The van der Waals surface area contributed by atoms with Crippen molar-refractivity contribution < 1.29 is 10.2 Å². The van der Waals surface area contributed by atoms with Crippen molar-refractivity contribution in [2.75, 3.05) is 0 Å². The van der Waals surface area contributed by atoms with Gasteiger partial charge in [-0.2, -0.15) is 0 Å². The van der Waals surface area contributed by atoms with Gasteiger partial charge in [-0.05, 0) is 23.1 Å². The quantitative estimate of drug-likeness (QED) is 0.601. The fourth-order valence-electron chi connectivity index (χ4n) is 1.23. The first-order chi connectivity index (χ1) is 6.32. The van der Waals surface area contributed by atoms with Crippen LogP contribution in [0.5, 0.6) is 11.5 Å². The van der Waals surface area contributed by atoms with Crippen LogP contribution >= 0.6 is 0 Å². The number of nitrogens with two attached hydrogens (primary N) is 1. The molecule has 0 fully saturated rings. The van der Waals surface area contributed by atoms with Gasteiger partial charge >= 0.3 is 0 Å². The summed E-state index contributed by atoms with van der Waals surface area (Å²) in [5.74, 6) is -0.239. The molecule has 0 aliphatic rings. The van der Waals surface area contributed by atoms with Crippen LogP contribution in [0.15, 0.2) is 18.2 Å². The number of aromatic hydroxyl groups is 2. The molecule has 0 bridgehead atoms. The van der Waals surface area contributed by atoms with E-state index in [0.717, 1.165) is 5.56 Å². The van der Waals surface area contributed by atoms with Gasteiger partial charge < -0.3 is 15.9 Å². The van der Waals surface area contributed by atoms with E-state index in [4.69, 9.17) is 10.8 Å². The van der Waals surface area contributed by atoms with E-state index in [1.807, 2.05) is 20.8 Å². The maximum absolute atomic E-state index is 9.31. The van der Waals surface area contributed by atoms with Gasteiger partial charge in [-0.3, -0.25) is 0 Å². The van der Waals surface area contributed by atoms with Crippen LogP contribution in [-0.4, -0.2) is 10.2 Å². The Labute approximate surface area is 84.2 Å². The van der Waals surface area contributed by atoms with E-state index < -0.39 is 0 Å². The van der Waals surface area contributed by atoms with Crippen LogP contribution in [0.2, 0.25) is 0 Å². The van der Waals surface area contributed by atoms with E-state index >= 15 is 0 Å². The summed E-state index contributed by atoms with van der Waals surface area (Å²) in [5.41, 5.74) is 6.76. The lowest BCUT2D eigenvalue weighted by molar-refractivity contribution is 0.325. The molecule has 0 heterocycles. The topological polar surface area (TPSA) is 66.5 Å². The van der Waals surface area contributed by atoms with Gasteiger partial charge in [-0.25, -0.2) is 0 Å². The second-order valence-electron chi connectivity index (χ2n) is 4.59. The summed E-state index contributed by atoms with van der Waals surface area (Å²) in [6.45, 7) is 6.09. The molecule has 3 heteroatoms. The van der Waals surface area contributed by atoms with Gasteiger partial charge in [0.1, 0.15) is 0 Å². The summed E-state index contributed by atoms with van der Waals surface area (Å²) < 4.78 is 0. The molecule has 4 N–H and O–H groups in total. The van der Waals surface area contributed by atoms with Crippen LogP contribution in [0.4, 0.5) is 0 Å². The van der Waals surface area contributed by atoms with E-state index in [1.165, 1.54) is 12.1 Å². The third-order valence-electron chi connectivity index (χ3n) is 2.29. The van der Waals surface area contributed by atoms with E-state index in [0.29, 0.717) is 0 Å². The SMILES string of the molecule is CC(C)(C)[C@@H](N)c1ccc(O)c(O)c1. The molecular weight excluding hydrogens is 178 g/mol. The maximum atomic E-state index is 9.31. The average molecular weight is 195 g/mol. The van der Waals surface area contributed by atoms with Crippen molar-refractivity contribution in [1.29, 1.82) is 0 Å². The number of rotatable bonds is 1. The predicted molar refractivity (Wildman–Crippen MR) is 56.2 cm³/mol. The zero-order valence-electron chi connectivity index (χ0n) is 8.78. The van der Waals surface area contributed by atoms with E-state index in [2.05, 4.69) is 0 Å². The van der Waals surface area contributed by atoms with Gasteiger partial charge in [0.05, 0.1) is 0 Å². The number of hydrogen-bond acceptors (Lipinski definition) is 3. The highest BCUT2D eigenvalue weighted by atomic mass is 16.3. The van der Waals surface area contributed by atoms with Gasteiger partial charge in [0.25, 0.3) is 0 Å². The predicted octanol–water partition coefficient (Wildman–Crippen LogP) is 2.14. The number of phenolic OH excluding ortho intramolecular Hbond substituents is 2. The Morgan fingerprint density at radius 3 is 2.14 bits per heavy atom. The Kier molecular flexibility index (Phi) is 2.71. The lowest BCUT2D eigenvalue weighted by Crippen LogP contribution is -2.26. The molecule has 0 saturated carbocycles. The summed E-state index contributed by atoms with van der Waals surface area (Å²) in [7, 11) is 0. The zero-order chi connectivity index (χ0) is 10.9. The van der Waals surface area contributed by atoms with Crippen molar-refractivity contribution in [3.05, 3.63) is 23.8 Å². The molecule has 3 nitrogen and oxygen atoms in total. The first-order valence-electron chi connectivity index (χ1n) is 4.60. The number of benzene rings is 1. The van der Waals surface area contributed by atoms with Crippen LogP contribution in [0.1, 0.15) is 32.4 Å². The molecule has 0 amide bonds. The van der Waals surface area contributed by atoms with Crippen molar-refractivity contribution in [3.8, 4) is 11.5 Å². The average Bonchev–Trinajstić information content (AvgIpc) is 2.07. The van der Waals surface area contributed by atoms with Gasteiger partial charge in [0.15, 0.2) is 11.5 Å². The molecule has 1 aromatic carbocycles. The summed E-state index contributed by atoms with van der Waals surface area (Å²) in [6, 6.07) is 4.53. The van der Waals surface area contributed by atoms with Crippen LogP contribution < -0.4 is 5.73 Å². The molecule has 0 unspecified atom stereocenters. The zero-order valence-corrected chi connectivity index (χ0v) is 8.78. The van der Waals surface area contributed by atoms with Gasteiger partial charge in [-0.1, -0.05) is 26.8 Å². The maximum Gasteiger partial charge on any atom is 0.157 e. The van der Waals surface area contributed by atoms with Gasteiger partial charge in [-0.15, -0.1) is 0 Å². The molecule has 1 atom stereocenters. The molecule has 0 aliphatic carbocycles. The highest BCUT2D eigenvalue weighted by Crippen LogP contribution is 2.34. The minimum absolute atomic E-state index is 0.0661. The minimum Gasteiger partial charge on any atom is -0.504 e. The lowest BCUT2D eigenvalue weighted by Gasteiger charge is -2.27. The Hall–Kier alpha value is -1.22. The normalized spacial score (nSPS) is 14.0. The molecule has 1 aromatic rings. The molecule has 78 valence electrons. The third kappa shape index (κ3) is 2.17. The first kappa shape index (κ1) is 10.9. The number of phenols is 2. The monoisotopic (exact) mass is 195 g/mol.